The molecule has 0 aliphatic carbocycles. The zero-order chi connectivity index (χ0) is 22.7. The van der Waals surface area contributed by atoms with Gasteiger partial charge in [0, 0.05) is 36.7 Å². The van der Waals surface area contributed by atoms with Gasteiger partial charge < -0.3 is 10.1 Å². The smallest absolute Gasteiger partial charge is 0.244 e. The minimum atomic E-state index is -3.31. The van der Waals surface area contributed by atoms with Crippen LogP contribution in [0.1, 0.15) is 11.1 Å². The molecule has 3 aromatic rings. The predicted octanol–water partition coefficient (Wildman–Crippen LogP) is 3.94. The maximum Gasteiger partial charge on any atom is 0.244 e. The van der Waals surface area contributed by atoms with Crippen LogP contribution in [0, 0.1) is 0 Å². The highest BCUT2D eigenvalue weighted by molar-refractivity contribution is 7.90. The van der Waals surface area contributed by atoms with E-state index in [1.165, 1.54) is 12.3 Å². The molecule has 0 radical (unpaired) electrons. The van der Waals surface area contributed by atoms with Crippen molar-refractivity contribution >= 4 is 33.4 Å². The van der Waals surface area contributed by atoms with Crippen molar-refractivity contribution in [1.82, 2.24) is 10.3 Å². The Labute approximate surface area is 191 Å². The highest BCUT2D eigenvalue weighted by Crippen LogP contribution is 2.39. The molecule has 1 N–H and O–H groups in total. The Kier molecular flexibility index (Phi) is 6.30. The monoisotopic (exact) mass is 468 g/mol. The van der Waals surface area contributed by atoms with Gasteiger partial charge >= 0.3 is 0 Å². The second kappa shape index (κ2) is 9.14. The molecular weight excluding hydrogens is 448 g/mol. The summed E-state index contributed by atoms with van der Waals surface area (Å²) < 4.78 is 29.7. The molecule has 1 atom stereocenters. The maximum absolute atomic E-state index is 12.1. The number of carbonyl (C=O) groups excluding carboxylic acids is 1. The van der Waals surface area contributed by atoms with Gasteiger partial charge in [0.1, 0.15) is 11.9 Å². The van der Waals surface area contributed by atoms with Crippen molar-refractivity contribution in [3.63, 3.8) is 0 Å². The molecular formula is C24H21ClN2O4S. The summed E-state index contributed by atoms with van der Waals surface area (Å²) in [5, 5.41) is 3.29. The van der Waals surface area contributed by atoms with Crippen LogP contribution < -0.4 is 10.1 Å². The minimum Gasteiger partial charge on any atom is -0.486 e. The summed E-state index contributed by atoms with van der Waals surface area (Å²) in [6.07, 6.45) is 8.02. The number of nitrogens with one attached hydrogen (secondary N) is 1. The Morgan fingerprint density at radius 3 is 2.81 bits per heavy atom. The van der Waals surface area contributed by atoms with E-state index in [2.05, 4.69) is 10.3 Å². The number of benzene rings is 2. The van der Waals surface area contributed by atoms with Crippen molar-refractivity contribution in [1.29, 1.82) is 0 Å². The van der Waals surface area contributed by atoms with Gasteiger partial charge in [0.15, 0.2) is 9.84 Å². The molecule has 32 heavy (non-hydrogen) atoms. The van der Waals surface area contributed by atoms with Crippen LogP contribution in [-0.2, 0) is 21.1 Å². The summed E-state index contributed by atoms with van der Waals surface area (Å²) in [5.41, 5.74) is 3.33. The number of carbonyl (C=O) groups is 1. The van der Waals surface area contributed by atoms with Crippen LogP contribution in [0.4, 0.5) is 0 Å². The van der Waals surface area contributed by atoms with Gasteiger partial charge in [-0.05, 0) is 53.1 Å². The normalized spacial score (nSPS) is 15.4. The summed E-state index contributed by atoms with van der Waals surface area (Å²) in [7, 11) is -3.31. The van der Waals surface area contributed by atoms with Crippen LogP contribution in [0.3, 0.4) is 0 Å². The van der Waals surface area contributed by atoms with Crippen molar-refractivity contribution in [3.05, 3.63) is 83.2 Å². The number of amides is 1. The Hall–Kier alpha value is -3.16. The lowest BCUT2D eigenvalue weighted by Crippen LogP contribution is -2.33. The Morgan fingerprint density at radius 2 is 2.06 bits per heavy atom. The molecule has 0 saturated carbocycles. The first kappa shape index (κ1) is 22.0. The second-order valence-electron chi connectivity index (χ2n) is 7.56. The van der Waals surface area contributed by atoms with Gasteiger partial charge in [-0.2, -0.15) is 0 Å². The van der Waals surface area contributed by atoms with E-state index in [0.29, 0.717) is 23.7 Å². The van der Waals surface area contributed by atoms with Gasteiger partial charge in [0.05, 0.1) is 16.5 Å². The fourth-order valence-electron chi connectivity index (χ4n) is 3.49. The molecule has 1 unspecified atom stereocenters. The largest absolute Gasteiger partial charge is 0.486 e. The molecule has 8 heteroatoms. The number of sulfone groups is 1. The molecule has 2 aromatic carbocycles. The van der Waals surface area contributed by atoms with Crippen LogP contribution in [0.15, 0.2) is 71.9 Å². The number of rotatable bonds is 6. The van der Waals surface area contributed by atoms with Crippen LogP contribution >= 0.6 is 11.6 Å². The molecule has 1 aliphatic heterocycles. The molecule has 1 amide bonds. The van der Waals surface area contributed by atoms with E-state index >= 15 is 0 Å². The van der Waals surface area contributed by atoms with Crippen molar-refractivity contribution in [2.24, 2.45) is 0 Å². The third kappa shape index (κ3) is 5.18. The molecule has 164 valence electrons. The van der Waals surface area contributed by atoms with E-state index in [0.717, 1.165) is 22.3 Å². The van der Waals surface area contributed by atoms with E-state index < -0.39 is 9.84 Å². The lowest BCUT2D eigenvalue weighted by Gasteiger charge is -2.11. The van der Waals surface area contributed by atoms with E-state index in [4.69, 9.17) is 16.3 Å². The summed E-state index contributed by atoms with van der Waals surface area (Å²) in [5.74, 6) is 0.373. The van der Waals surface area contributed by atoms with E-state index in [1.807, 2.05) is 18.2 Å². The second-order valence-corrected chi connectivity index (χ2v) is 9.98. The Bertz CT molecular complexity index is 1290. The molecule has 0 saturated heterocycles. The van der Waals surface area contributed by atoms with Crippen LogP contribution in [-0.4, -0.2) is 38.2 Å². The summed E-state index contributed by atoms with van der Waals surface area (Å²) in [6.45, 7) is 0.333. The number of hydrogen-bond acceptors (Lipinski definition) is 5. The quantitative estimate of drug-likeness (QED) is 0.554. The van der Waals surface area contributed by atoms with E-state index in [9.17, 15) is 13.2 Å². The lowest BCUT2D eigenvalue weighted by atomic mass is 10.0. The molecule has 1 aliphatic rings. The summed E-state index contributed by atoms with van der Waals surface area (Å²) in [4.78, 5) is 16.4. The molecule has 6 nitrogen and oxygen atoms in total. The molecule has 0 spiro atoms. The first-order valence-corrected chi connectivity index (χ1v) is 12.2. The first-order chi connectivity index (χ1) is 15.3. The average molecular weight is 469 g/mol. The van der Waals surface area contributed by atoms with E-state index in [-0.39, 0.29) is 16.9 Å². The van der Waals surface area contributed by atoms with Gasteiger partial charge in [-0.15, -0.1) is 0 Å². The predicted molar refractivity (Wildman–Crippen MR) is 124 cm³/mol. The lowest BCUT2D eigenvalue weighted by molar-refractivity contribution is -0.116. The molecule has 2 heterocycles. The molecule has 1 aromatic heterocycles. The van der Waals surface area contributed by atoms with Crippen molar-refractivity contribution in [3.8, 4) is 16.9 Å². The Morgan fingerprint density at radius 1 is 1.22 bits per heavy atom. The van der Waals surface area contributed by atoms with Gasteiger partial charge in [0.2, 0.25) is 5.91 Å². The number of halogens is 1. The first-order valence-electron chi connectivity index (χ1n) is 9.95. The van der Waals surface area contributed by atoms with Crippen molar-refractivity contribution in [2.45, 2.75) is 17.4 Å². The minimum absolute atomic E-state index is 0.224. The SMILES string of the molecule is CS(=O)(=O)c1cccc(-c2cc(Cl)c3c(c2)CC(CNC(=O)C=Cc2cccnc2)O3)c1. The van der Waals surface area contributed by atoms with E-state index in [1.54, 1.807) is 48.8 Å². The zero-order valence-corrected chi connectivity index (χ0v) is 18.9. The van der Waals surface area contributed by atoms with Crippen LogP contribution in [0.25, 0.3) is 17.2 Å². The van der Waals surface area contributed by atoms with Crippen LogP contribution in [0.2, 0.25) is 5.02 Å². The van der Waals surface area contributed by atoms with Crippen molar-refractivity contribution in [2.75, 3.05) is 12.8 Å². The van der Waals surface area contributed by atoms with Gasteiger partial charge in [-0.25, -0.2) is 8.42 Å². The van der Waals surface area contributed by atoms with Gasteiger partial charge in [-0.1, -0.05) is 29.8 Å². The summed E-state index contributed by atoms with van der Waals surface area (Å²) >= 11 is 6.45. The standard InChI is InChI=1S/C24H21ClN2O4S/c1-32(29,30)21-6-2-5-17(12-21)18-10-19-11-20(31-24(19)22(25)13-18)15-27-23(28)8-7-16-4-3-9-26-14-16/h2-10,12-14,20H,11,15H2,1H3,(H,27,28). The summed E-state index contributed by atoms with van der Waals surface area (Å²) in [6, 6.07) is 14.1. The number of nitrogens with zero attached hydrogens (tertiary/aromatic N) is 1. The Balaban J connectivity index is 1.43. The fraction of sp³-hybridized carbons (Fsp3) is 0.167. The van der Waals surface area contributed by atoms with Crippen molar-refractivity contribution < 1.29 is 17.9 Å². The number of aromatic nitrogens is 1. The fourth-order valence-corrected chi connectivity index (χ4v) is 4.44. The average Bonchev–Trinajstić information content (AvgIpc) is 3.20. The maximum atomic E-state index is 12.1. The van der Waals surface area contributed by atoms with Gasteiger partial charge in [-0.3, -0.25) is 9.78 Å². The zero-order valence-electron chi connectivity index (χ0n) is 17.3. The third-order valence-corrected chi connectivity index (χ3v) is 6.45. The third-order valence-electron chi connectivity index (χ3n) is 5.06. The number of hydrogen-bond donors (Lipinski definition) is 1. The number of fused-ring (bicyclic) bond motifs is 1. The molecule has 0 bridgehead atoms. The molecule has 4 rings (SSSR count). The van der Waals surface area contributed by atoms with Gasteiger partial charge in [0.25, 0.3) is 0 Å². The van der Waals surface area contributed by atoms with Crippen LogP contribution in [0.5, 0.6) is 5.75 Å². The molecule has 0 fully saturated rings. The number of pyridine rings is 1. The number of ether oxygens (including phenoxy) is 1. The highest BCUT2D eigenvalue weighted by Gasteiger charge is 2.26. The topological polar surface area (TPSA) is 85.4 Å². The highest BCUT2D eigenvalue weighted by atomic mass is 35.5.